The van der Waals surface area contributed by atoms with Crippen LogP contribution in [0.1, 0.15) is 27.2 Å². The average molecular weight is 244 g/mol. The van der Waals surface area contributed by atoms with Gasteiger partial charge in [-0.1, -0.05) is 13.8 Å². The molecule has 1 atom stereocenters. The molecule has 1 heterocycles. The van der Waals surface area contributed by atoms with Gasteiger partial charge in [0.25, 0.3) is 0 Å². The molecule has 0 amide bonds. The second kappa shape index (κ2) is 5.25. The van der Waals surface area contributed by atoms with Crippen LogP contribution in [-0.4, -0.2) is 11.1 Å². The van der Waals surface area contributed by atoms with Crippen LogP contribution >= 0.6 is 0 Å². The zero-order valence-electron chi connectivity index (χ0n) is 11.2. The number of rotatable bonds is 4. The normalized spacial score (nSPS) is 12.9. The minimum absolute atomic E-state index is 0.179. The number of aromatic nitrogens is 1. The summed E-state index contributed by atoms with van der Waals surface area (Å²) in [5, 5.41) is 0.951. The molecule has 0 aliphatic carbocycles. The van der Waals surface area contributed by atoms with Gasteiger partial charge in [-0.3, -0.25) is 4.98 Å². The summed E-state index contributed by atoms with van der Waals surface area (Å²) in [5.74, 6) is 1.43. The van der Waals surface area contributed by atoms with Gasteiger partial charge in [0.15, 0.2) is 0 Å². The number of pyridine rings is 1. The molecule has 1 unspecified atom stereocenters. The first-order valence-corrected chi connectivity index (χ1v) is 6.37. The Morgan fingerprint density at radius 3 is 2.72 bits per heavy atom. The van der Waals surface area contributed by atoms with Crippen LogP contribution in [0.2, 0.25) is 0 Å². The molecule has 2 rings (SSSR count). The standard InChI is InChI=1S/C15H20N2O/c1-10(2)9-11(3)18-14-7-6-13(16)12-5-4-8-17-15(12)14/h4-8,10-11H,9,16H2,1-3H3. The summed E-state index contributed by atoms with van der Waals surface area (Å²) < 4.78 is 5.98. The van der Waals surface area contributed by atoms with Gasteiger partial charge >= 0.3 is 0 Å². The average Bonchev–Trinajstić information content (AvgIpc) is 2.32. The highest BCUT2D eigenvalue weighted by atomic mass is 16.5. The van der Waals surface area contributed by atoms with E-state index in [9.17, 15) is 0 Å². The van der Waals surface area contributed by atoms with E-state index in [0.29, 0.717) is 5.92 Å². The third-order valence-corrected chi connectivity index (χ3v) is 2.90. The molecule has 1 aromatic heterocycles. The smallest absolute Gasteiger partial charge is 0.146 e. The third kappa shape index (κ3) is 2.73. The molecule has 0 radical (unpaired) electrons. The first-order chi connectivity index (χ1) is 8.58. The van der Waals surface area contributed by atoms with Crippen molar-refractivity contribution in [2.75, 3.05) is 5.73 Å². The quantitative estimate of drug-likeness (QED) is 0.835. The number of fused-ring (bicyclic) bond motifs is 1. The zero-order valence-corrected chi connectivity index (χ0v) is 11.2. The predicted molar refractivity (Wildman–Crippen MR) is 75.7 cm³/mol. The SMILES string of the molecule is CC(C)CC(C)Oc1ccc(N)c2cccnc12. The van der Waals surface area contributed by atoms with E-state index in [-0.39, 0.29) is 6.10 Å². The fraction of sp³-hybridized carbons (Fsp3) is 0.400. The van der Waals surface area contributed by atoms with Crippen molar-refractivity contribution in [3.05, 3.63) is 30.5 Å². The Bertz CT molecular complexity index is 537. The minimum atomic E-state index is 0.179. The Balaban J connectivity index is 2.31. The first-order valence-electron chi connectivity index (χ1n) is 6.37. The maximum absolute atomic E-state index is 5.98. The van der Waals surface area contributed by atoms with E-state index in [0.717, 1.165) is 28.8 Å². The number of nitrogen functional groups attached to an aromatic ring is 1. The van der Waals surface area contributed by atoms with Gasteiger partial charge in [-0.25, -0.2) is 0 Å². The fourth-order valence-corrected chi connectivity index (χ4v) is 2.19. The van der Waals surface area contributed by atoms with Crippen LogP contribution < -0.4 is 10.5 Å². The molecule has 18 heavy (non-hydrogen) atoms. The van der Waals surface area contributed by atoms with Gasteiger partial charge in [-0.15, -0.1) is 0 Å². The predicted octanol–water partition coefficient (Wildman–Crippen LogP) is 3.63. The van der Waals surface area contributed by atoms with Crippen molar-refractivity contribution in [3.8, 4) is 5.75 Å². The molecule has 0 saturated heterocycles. The lowest BCUT2D eigenvalue weighted by Gasteiger charge is -2.18. The third-order valence-electron chi connectivity index (χ3n) is 2.90. The second-order valence-corrected chi connectivity index (χ2v) is 5.11. The first kappa shape index (κ1) is 12.7. The topological polar surface area (TPSA) is 48.1 Å². The van der Waals surface area contributed by atoms with Crippen molar-refractivity contribution in [2.45, 2.75) is 33.3 Å². The molecule has 1 aromatic carbocycles. The summed E-state index contributed by atoms with van der Waals surface area (Å²) in [5.41, 5.74) is 7.52. The van der Waals surface area contributed by atoms with Crippen LogP contribution in [0.25, 0.3) is 10.9 Å². The number of hydrogen-bond donors (Lipinski definition) is 1. The summed E-state index contributed by atoms with van der Waals surface area (Å²) in [6.07, 6.45) is 2.97. The van der Waals surface area contributed by atoms with E-state index in [2.05, 4.69) is 25.8 Å². The largest absolute Gasteiger partial charge is 0.488 e. The van der Waals surface area contributed by atoms with Gasteiger partial charge in [-0.05, 0) is 43.5 Å². The van der Waals surface area contributed by atoms with Crippen molar-refractivity contribution in [3.63, 3.8) is 0 Å². The summed E-state index contributed by atoms with van der Waals surface area (Å²) in [6.45, 7) is 6.48. The Kier molecular flexibility index (Phi) is 3.70. The number of nitrogens with two attached hydrogens (primary N) is 1. The summed E-state index contributed by atoms with van der Waals surface area (Å²) >= 11 is 0. The fourth-order valence-electron chi connectivity index (χ4n) is 2.19. The number of ether oxygens (including phenoxy) is 1. The van der Waals surface area contributed by atoms with Gasteiger partial charge in [0.05, 0.1) is 6.10 Å². The molecule has 0 bridgehead atoms. The maximum atomic E-state index is 5.98. The lowest BCUT2D eigenvalue weighted by molar-refractivity contribution is 0.195. The molecular formula is C15H20N2O. The Labute approximate surface area is 108 Å². The number of hydrogen-bond acceptors (Lipinski definition) is 3. The van der Waals surface area contributed by atoms with Crippen molar-refractivity contribution in [2.24, 2.45) is 5.92 Å². The van der Waals surface area contributed by atoms with Crippen LogP contribution in [0.5, 0.6) is 5.75 Å². The van der Waals surface area contributed by atoms with Crippen molar-refractivity contribution in [1.82, 2.24) is 4.98 Å². The van der Waals surface area contributed by atoms with E-state index < -0.39 is 0 Å². The van der Waals surface area contributed by atoms with Crippen molar-refractivity contribution < 1.29 is 4.74 Å². The number of nitrogens with zero attached hydrogens (tertiary/aromatic N) is 1. The van der Waals surface area contributed by atoms with Crippen LogP contribution in [0.15, 0.2) is 30.5 Å². The van der Waals surface area contributed by atoms with Crippen LogP contribution in [0.3, 0.4) is 0 Å². The van der Waals surface area contributed by atoms with E-state index in [1.807, 2.05) is 24.3 Å². The zero-order chi connectivity index (χ0) is 13.1. The summed E-state index contributed by atoms with van der Waals surface area (Å²) in [7, 11) is 0. The molecule has 3 nitrogen and oxygen atoms in total. The Morgan fingerprint density at radius 1 is 1.22 bits per heavy atom. The second-order valence-electron chi connectivity index (χ2n) is 5.11. The summed E-state index contributed by atoms with van der Waals surface area (Å²) in [6, 6.07) is 7.64. The summed E-state index contributed by atoms with van der Waals surface area (Å²) in [4.78, 5) is 4.37. The van der Waals surface area contributed by atoms with Gasteiger partial charge < -0.3 is 10.5 Å². The van der Waals surface area contributed by atoms with Gasteiger partial charge in [0.2, 0.25) is 0 Å². The van der Waals surface area contributed by atoms with Crippen molar-refractivity contribution >= 4 is 16.6 Å². The van der Waals surface area contributed by atoms with Gasteiger partial charge in [0.1, 0.15) is 11.3 Å². The van der Waals surface area contributed by atoms with E-state index in [1.54, 1.807) is 6.20 Å². The minimum Gasteiger partial charge on any atom is -0.488 e. The number of benzene rings is 1. The Hall–Kier alpha value is -1.77. The van der Waals surface area contributed by atoms with Crippen LogP contribution in [0, 0.1) is 5.92 Å². The molecule has 0 fully saturated rings. The highest BCUT2D eigenvalue weighted by Gasteiger charge is 2.11. The molecule has 3 heteroatoms. The van der Waals surface area contributed by atoms with E-state index >= 15 is 0 Å². The molecule has 0 aliphatic rings. The van der Waals surface area contributed by atoms with Gasteiger partial charge in [0, 0.05) is 17.3 Å². The van der Waals surface area contributed by atoms with Crippen LogP contribution in [-0.2, 0) is 0 Å². The molecule has 0 saturated carbocycles. The molecular weight excluding hydrogens is 224 g/mol. The molecule has 96 valence electrons. The molecule has 0 aliphatic heterocycles. The van der Waals surface area contributed by atoms with E-state index in [1.165, 1.54) is 0 Å². The lowest BCUT2D eigenvalue weighted by Crippen LogP contribution is -2.14. The maximum Gasteiger partial charge on any atom is 0.146 e. The molecule has 2 aromatic rings. The van der Waals surface area contributed by atoms with E-state index in [4.69, 9.17) is 10.5 Å². The number of anilines is 1. The molecule has 2 N–H and O–H groups in total. The highest BCUT2D eigenvalue weighted by Crippen LogP contribution is 2.29. The molecule has 0 spiro atoms. The van der Waals surface area contributed by atoms with Crippen molar-refractivity contribution in [1.29, 1.82) is 0 Å². The van der Waals surface area contributed by atoms with Gasteiger partial charge in [-0.2, -0.15) is 0 Å². The highest BCUT2D eigenvalue weighted by molar-refractivity contribution is 5.94. The Morgan fingerprint density at radius 2 is 2.00 bits per heavy atom. The monoisotopic (exact) mass is 244 g/mol. The van der Waals surface area contributed by atoms with Crippen LogP contribution in [0.4, 0.5) is 5.69 Å². The lowest BCUT2D eigenvalue weighted by atomic mass is 10.1.